The number of rotatable bonds is 4. The average Bonchev–Trinajstić information content (AvgIpc) is 2.21. The van der Waals surface area contributed by atoms with E-state index in [0.29, 0.717) is 13.0 Å². The highest BCUT2D eigenvalue weighted by Gasteiger charge is 2.23. The number of urea groups is 1. The predicted molar refractivity (Wildman–Crippen MR) is 54.8 cm³/mol. The van der Waals surface area contributed by atoms with Gasteiger partial charge in [-0.25, -0.2) is 4.79 Å². The van der Waals surface area contributed by atoms with Crippen LogP contribution in [0.2, 0.25) is 0 Å². The van der Waals surface area contributed by atoms with Gasteiger partial charge in [-0.05, 0) is 12.8 Å². The molecule has 16 heavy (non-hydrogen) atoms. The highest BCUT2D eigenvalue weighted by Crippen LogP contribution is 2.02. The van der Waals surface area contributed by atoms with Crippen LogP contribution < -0.4 is 16.0 Å². The molecule has 0 spiro atoms. The summed E-state index contributed by atoms with van der Waals surface area (Å²) in [7, 11) is 0. The number of nitrogens with one attached hydrogen (secondary N) is 3. The van der Waals surface area contributed by atoms with Crippen LogP contribution in [0, 0.1) is 0 Å². The molecule has 0 aliphatic carbocycles. The van der Waals surface area contributed by atoms with Crippen molar-refractivity contribution < 1.29 is 19.5 Å². The van der Waals surface area contributed by atoms with Crippen LogP contribution in [-0.4, -0.2) is 42.1 Å². The maximum absolute atomic E-state index is 11.3. The van der Waals surface area contributed by atoms with Gasteiger partial charge in [0.25, 0.3) is 0 Å². The summed E-state index contributed by atoms with van der Waals surface area (Å²) in [6.45, 7) is 0.688. The van der Waals surface area contributed by atoms with E-state index in [2.05, 4.69) is 16.0 Å². The van der Waals surface area contributed by atoms with Crippen LogP contribution >= 0.6 is 0 Å². The molecule has 0 saturated carbocycles. The molecule has 1 aliphatic heterocycles. The minimum Gasteiger partial charge on any atom is -0.481 e. The first-order valence-electron chi connectivity index (χ1n) is 5.13. The summed E-state index contributed by atoms with van der Waals surface area (Å²) in [5, 5.41) is 15.8. The number of carbonyl (C=O) groups is 3. The van der Waals surface area contributed by atoms with Gasteiger partial charge in [-0.3, -0.25) is 9.59 Å². The van der Waals surface area contributed by atoms with Crippen molar-refractivity contribution in [3.05, 3.63) is 0 Å². The first-order chi connectivity index (χ1) is 7.59. The molecule has 0 bridgehead atoms. The molecule has 1 rings (SSSR count). The predicted octanol–water partition coefficient (Wildman–Crippen LogP) is -0.961. The van der Waals surface area contributed by atoms with Crippen LogP contribution in [0.5, 0.6) is 0 Å². The van der Waals surface area contributed by atoms with E-state index in [-0.39, 0.29) is 18.9 Å². The zero-order valence-corrected chi connectivity index (χ0v) is 8.78. The number of carboxylic acid groups (broad SMARTS) is 1. The lowest BCUT2D eigenvalue weighted by atomic mass is 10.1. The molecule has 4 N–H and O–H groups in total. The second kappa shape index (κ2) is 5.94. The topological polar surface area (TPSA) is 108 Å². The van der Waals surface area contributed by atoms with Crippen molar-refractivity contribution in [1.29, 1.82) is 0 Å². The molecule has 0 aromatic heterocycles. The van der Waals surface area contributed by atoms with Crippen molar-refractivity contribution in [1.82, 2.24) is 16.0 Å². The summed E-state index contributed by atoms with van der Waals surface area (Å²) in [6.07, 6.45) is 1.30. The van der Waals surface area contributed by atoms with Crippen LogP contribution in [0.15, 0.2) is 0 Å². The van der Waals surface area contributed by atoms with Gasteiger partial charge in [-0.2, -0.15) is 0 Å². The van der Waals surface area contributed by atoms with Crippen molar-refractivity contribution in [2.24, 2.45) is 0 Å². The molecule has 1 saturated heterocycles. The van der Waals surface area contributed by atoms with Crippen LogP contribution in [0.1, 0.15) is 19.3 Å². The fraction of sp³-hybridized carbons (Fsp3) is 0.667. The molecule has 1 heterocycles. The summed E-state index contributed by atoms with van der Waals surface area (Å²) in [5.74, 6) is -1.17. The Morgan fingerprint density at radius 3 is 2.88 bits per heavy atom. The summed E-state index contributed by atoms with van der Waals surface area (Å²) < 4.78 is 0. The lowest BCUT2D eigenvalue weighted by molar-refractivity contribution is -0.136. The Hall–Kier alpha value is -1.79. The molecule has 1 atom stereocenters. The first-order valence-corrected chi connectivity index (χ1v) is 5.13. The summed E-state index contributed by atoms with van der Waals surface area (Å²) in [5.41, 5.74) is 0. The smallest absolute Gasteiger partial charge is 0.315 e. The Morgan fingerprint density at radius 1 is 1.50 bits per heavy atom. The second-order valence-electron chi connectivity index (χ2n) is 3.53. The molecular weight excluding hydrogens is 214 g/mol. The molecule has 3 amide bonds. The van der Waals surface area contributed by atoms with E-state index in [1.54, 1.807) is 0 Å². The van der Waals surface area contributed by atoms with Crippen molar-refractivity contribution in [2.75, 3.05) is 13.1 Å². The van der Waals surface area contributed by atoms with Gasteiger partial charge in [-0.15, -0.1) is 0 Å². The van der Waals surface area contributed by atoms with E-state index in [1.807, 2.05) is 0 Å². The number of amides is 3. The van der Waals surface area contributed by atoms with Crippen LogP contribution in [-0.2, 0) is 9.59 Å². The summed E-state index contributed by atoms with van der Waals surface area (Å²) >= 11 is 0. The Balaban J connectivity index is 2.22. The van der Waals surface area contributed by atoms with E-state index in [0.717, 1.165) is 6.42 Å². The van der Waals surface area contributed by atoms with E-state index >= 15 is 0 Å². The number of aliphatic carboxylic acids is 1. The quantitative estimate of drug-likeness (QED) is 0.498. The number of carbonyl (C=O) groups excluding carboxylic acids is 2. The largest absolute Gasteiger partial charge is 0.481 e. The van der Waals surface area contributed by atoms with Crippen LogP contribution in [0.3, 0.4) is 0 Å². The maximum atomic E-state index is 11.3. The molecule has 90 valence electrons. The second-order valence-corrected chi connectivity index (χ2v) is 3.53. The zero-order chi connectivity index (χ0) is 12.0. The Labute approximate surface area is 92.6 Å². The molecule has 0 aromatic carbocycles. The normalized spacial score (nSPS) is 19.8. The van der Waals surface area contributed by atoms with Crippen molar-refractivity contribution in [2.45, 2.75) is 25.3 Å². The summed E-state index contributed by atoms with van der Waals surface area (Å²) in [6, 6.07) is -1.03. The van der Waals surface area contributed by atoms with Gasteiger partial charge >= 0.3 is 12.0 Å². The number of piperidine rings is 1. The van der Waals surface area contributed by atoms with Gasteiger partial charge in [0.05, 0.1) is 6.42 Å². The minimum atomic E-state index is -0.976. The van der Waals surface area contributed by atoms with Gasteiger partial charge < -0.3 is 21.1 Å². The lowest BCUT2D eigenvalue weighted by Crippen LogP contribution is -2.52. The third kappa shape index (κ3) is 4.16. The molecule has 1 aliphatic rings. The van der Waals surface area contributed by atoms with Crippen molar-refractivity contribution in [3.63, 3.8) is 0 Å². The molecule has 0 radical (unpaired) electrons. The minimum absolute atomic E-state index is 0.0511. The van der Waals surface area contributed by atoms with Gasteiger partial charge in [0, 0.05) is 13.1 Å². The zero-order valence-electron chi connectivity index (χ0n) is 8.78. The monoisotopic (exact) mass is 229 g/mol. The molecule has 0 aromatic rings. The molecule has 7 heteroatoms. The van der Waals surface area contributed by atoms with Crippen LogP contribution in [0.4, 0.5) is 4.79 Å². The Bertz CT molecular complexity index is 292. The standard InChI is InChI=1S/C9H15N3O4/c13-7(14)3-5-11-9(16)12-6-2-1-4-10-8(6)15/h6H,1-5H2,(H,10,15)(H,13,14)(H2,11,12,16). The van der Waals surface area contributed by atoms with Crippen LogP contribution in [0.25, 0.3) is 0 Å². The van der Waals surface area contributed by atoms with Gasteiger partial charge in [0.1, 0.15) is 6.04 Å². The lowest BCUT2D eigenvalue weighted by Gasteiger charge is -2.22. The average molecular weight is 229 g/mol. The summed E-state index contributed by atoms with van der Waals surface area (Å²) in [4.78, 5) is 32.7. The molecular formula is C9H15N3O4. The van der Waals surface area contributed by atoms with E-state index in [4.69, 9.17) is 5.11 Å². The van der Waals surface area contributed by atoms with Gasteiger partial charge in [-0.1, -0.05) is 0 Å². The fourth-order valence-corrected chi connectivity index (χ4v) is 1.40. The number of carboxylic acids is 1. The molecule has 1 unspecified atom stereocenters. The number of hydrogen-bond donors (Lipinski definition) is 4. The molecule has 1 fully saturated rings. The van der Waals surface area contributed by atoms with E-state index in [9.17, 15) is 14.4 Å². The van der Waals surface area contributed by atoms with Gasteiger partial charge in [0.2, 0.25) is 5.91 Å². The molecule has 7 nitrogen and oxygen atoms in total. The maximum Gasteiger partial charge on any atom is 0.315 e. The fourth-order valence-electron chi connectivity index (χ4n) is 1.40. The Kier molecular flexibility index (Phi) is 4.56. The van der Waals surface area contributed by atoms with Crippen molar-refractivity contribution >= 4 is 17.9 Å². The van der Waals surface area contributed by atoms with Crippen molar-refractivity contribution in [3.8, 4) is 0 Å². The number of hydrogen-bond acceptors (Lipinski definition) is 3. The highest BCUT2D eigenvalue weighted by atomic mass is 16.4. The highest BCUT2D eigenvalue weighted by molar-refractivity contribution is 5.87. The first kappa shape index (κ1) is 12.3. The third-order valence-electron chi connectivity index (χ3n) is 2.22. The van der Waals surface area contributed by atoms with E-state index in [1.165, 1.54) is 0 Å². The third-order valence-corrected chi connectivity index (χ3v) is 2.22. The van der Waals surface area contributed by atoms with E-state index < -0.39 is 18.0 Å². The SMILES string of the molecule is O=C(O)CCNC(=O)NC1CCCNC1=O. The Morgan fingerprint density at radius 2 is 2.25 bits per heavy atom. The van der Waals surface area contributed by atoms with Gasteiger partial charge in [0.15, 0.2) is 0 Å².